The van der Waals surface area contributed by atoms with Crippen molar-refractivity contribution < 1.29 is 8.42 Å². The average Bonchev–Trinajstić information content (AvgIpc) is 2.32. The predicted octanol–water partition coefficient (Wildman–Crippen LogP) is 1.55. The highest BCUT2D eigenvalue weighted by Gasteiger charge is 2.23. The molecule has 1 aromatic carbocycles. The predicted molar refractivity (Wildman–Crippen MR) is 66.5 cm³/mol. The van der Waals surface area contributed by atoms with Crippen LogP contribution < -0.4 is 5.32 Å². The molecule has 0 radical (unpaired) electrons. The molecular formula is C12H14N2O2S. The molecular weight excluding hydrogens is 236 g/mol. The molecule has 0 spiro atoms. The third kappa shape index (κ3) is 3.21. The number of hydrogen-bond acceptors (Lipinski definition) is 4. The molecule has 17 heavy (non-hydrogen) atoms. The first-order valence-corrected chi connectivity index (χ1v) is 7.38. The van der Waals surface area contributed by atoms with Crippen molar-refractivity contribution in [2.75, 3.05) is 16.8 Å². The Hall–Kier alpha value is -1.54. The number of benzene rings is 1. The summed E-state index contributed by atoms with van der Waals surface area (Å²) in [5.74, 6) is 0.505. The summed E-state index contributed by atoms with van der Waals surface area (Å²) in [6, 6.07) is 9.51. The summed E-state index contributed by atoms with van der Waals surface area (Å²) in [6.45, 7) is 0. The Morgan fingerprint density at radius 1 is 1.29 bits per heavy atom. The van der Waals surface area contributed by atoms with Gasteiger partial charge in [0.1, 0.15) is 9.84 Å². The molecule has 0 amide bonds. The van der Waals surface area contributed by atoms with Gasteiger partial charge in [-0.05, 0) is 31.0 Å². The normalized spacial score (nSPS) is 19.5. The Bertz CT molecular complexity index is 532. The minimum atomic E-state index is -2.81. The van der Waals surface area contributed by atoms with E-state index in [0.717, 1.165) is 5.69 Å². The first-order valence-electron chi connectivity index (χ1n) is 5.56. The average molecular weight is 250 g/mol. The number of hydrogen-bond donors (Lipinski definition) is 1. The van der Waals surface area contributed by atoms with E-state index in [9.17, 15) is 8.42 Å². The molecule has 0 aliphatic carbocycles. The fraction of sp³-hybridized carbons (Fsp3) is 0.417. The van der Waals surface area contributed by atoms with E-state index < -0.39 is 9.84 Å². The van der Waals surface area contributed by atoms with Crippen molar-refractivity contribution in [3.8, 4) is 6.07 Å². The first-order chi connectivity index (χ1) is 8.09. The number of sulfone groups is 1. The summed E-state index contributed by atoms with van der Waals surface area (Å²) in [6.07, 6.45) is 1.28. The van der Waals surface area contributed by atoms with Crippen molar-refractivity contribution in [1.29, 1.82) is 5.26 Å². The van der Waals surface area contributed by atoms with Crippen molar-refractivity contribution in [1.82, 2.24) is 0 Å². The third-order valence-electron chi connectivity index (χ3n) is 2.92. The van der Waals surface area contributed by atoms with E-state index in [4.69, 9.17) is 5.26 Å². The second kappa shape index (κ2) is 4.76. The van der Waals surface area contributed by atoms with Crippen LogP contribution >= 0.6 is 0 Å². The van der Waals surface area contributed by atoms with Gasteiger partial charge in [-0.25, -0.2) is 8.42 Å². The van der Waals surface area contributed by atoms with E-state index in [1.165, 1.54) is 0 Å². The maximum absolute atomic E-state index is 11.3. The Labute approximate surface area is 101 Å². The molecule has 1 aromatic rings. The van der Waals surface area contributed by atoms with Crippen molar-refractivity contribution in [3.05, 3.63) is 29.8 Å². The lowest BCUT2D eigenvalue weighted by molar-refractivity contribution is 0.559. The van der Waals surface area contributed by atoms with Gasteiger partial charge in [0.25, 0.3) is 0 Å². The molecule has 1 heterocycles. The van der Waals surface area contributed by atoms with E-state index in [0.29, 0.717) is 18.4 Å². The second-order valence-electron chi connectivity index (χ2n) is 4.26. The number of nitrogens with one attached hydrogen (secondary N) is 1. The van der Waals surface area contributed by atoms with Crippen LogP contribution in [0.1, 0.15) is 18.4 Å². The fourth-order valence-corrected chi connectivity index (χ4v) is 3.44. The highest BCUT2D eigenvalue weighted by atomic mass is 32.2. The van der Waals surface area contributed by atoms with Gasteiger partial charge >= 0.3 is 0 Å². The van der Waals surface area contributed by atoms with Gasteiger partial charge < -0.3 is 5.32 Å². The molecule has 1 aliphatic rings. The van der Waals surface area contributed by atoms with E-state index in [1.54, 1.807) is 12.1 Å². The van der Waals surface area contributed by atoms with Crippen LogP contribution in [0.15, 0.2) is 24.3 Å². The summed E-state index contributed by atoms with van der Waals surface area (Å²) < 4.78 is 22.6. The van der Waals surface area contributed by atoms with Crippen LogP contribution in [0.4, 0.5) is 5.69 Å². The number of rotatable bonds is 2. The Morgan fingerprint density at radius 2 is 2.00 bits per heavy atom. The molecule has 0 atom stereocenters. The van der Waals surface area contributed by atoms with Crippen LogP contribution in [-0.2, 0) is 9.84 Å². The molecule has 0 bridgehead atoms. The molecule has 90 valence electrons. The Kier molecular flexibility index (Phi) is 3.34. The van der Waals surface area contributed by atoms with Gasteiger partial charge in [0.15, 0.2) is 0 Å². The summed E-state index contributed by atoms with van der Waals surface area (Å²) in [5.41, 5.74) is 1.49. The van der Waals surface area contributed by atoms with E-state index >= 15 is 0 Å². The molecule has 5 heteroatoms. The van der Waals surface area contributed by atoms with Crippen molar-refractivity contribution in [3.63, 3.8) is 0 Å². The Balaban J connectivity index is 2.00. The summed E-state index contributed by atoms with van der Waals surface area (Å²) >= 11 is 0. The number of nitrogens with zero attached hydrogens (tertiary/aromatic N) is 1. The van der Waals surface area contributed by atoms with Crippen LogP contribution in [-0.4, -0.2) is 26.0 Å². The number of nitriles is 1. The van der Waals surface area contributed by atoms with Crippen LogP contribution in [0.5, 0.6) is 0 Å². The van der Waals surface area contributed by atoms with Crippen molar-refractivity contribution in [2.45, 2.75) is 18.9 Å². The zero-order valence-electron chi connectivity index (χ0n) is 9.39. The zero-order valence-corrected chi connectivity index (χ0v) is 10.2. The van der Waals surface area contributed by atoms with Gasteiger partial charge in [0.05, 0.1) is 23.1 Å². The van der Waals surface area contributed by atoms with Gasteiger partial charge in [-0.1, -0.05) is 6.07 Å². The summed E-state index contributed by atoms with van der Waals surface area (Å²) in [7, 11) is -2.81. The molecule has 4 nitrogen and oxygen atoms in total. The topological polar surface area (TPSA) is 70.0 Å². The maximum atomic E-state index is 11.3. The molecule has 0 aromatic heterocycles. The minimum absolute atomic E-state index is 0.187. The lowest BCUT2D eigenvalue weighted by Crippen LogP contribution is -2.32. The van der Waals surface area contributed by atoms with Gasteiger partial charge in [-0.2, -0.15) is 5.26 Å². The Morgan fingerprint density at radius 3 is 2.65 bits per heavy atom. The van der Waals surface area contributed by atoms with Crippen LogP contribution in [0.2, 0.25) is 0 Å². The van der Waals surface area contributed by atoms with E-state index in [2.05, 4.69) is 11.4 Å². The minimum Gasteiger partial charge on any atom is -0.382 e. The fourth-order valence-electron chi connectivity index (χ4n) is 1.95. The van der Waals surface area contributed by atoms with Crippen molar-refractivity contribution >= 4 is 15.5 Å². The van der Waals surface area contributed by atoms with Gasteiger partial charge in [0, 0.05) is 11.7 Å². The van der Waals surface area contributed by atoms with Crippen LogP contribution in [0.25, 0.3) is 0 Å². The molecule has 0 unspecified atom stereocenters. The quantitative estimate of drug-likeness (QED) is 0.864. The van der Waals surface area contributed by atoms with Gasteiger partial charge in [0.2, 0.25) is 0 Å². The lowest BCUT2D eigenvalue weighted by atomic mass is 10.1. The molecule has 1 fully saturated rings. The van der Waals surface area contributed by atoms with Gasteiger partial charge in [-0.3, -0.25) is 0 Å². The zero-order chi connectivity index (χ0) is 12.3. The van der Waals surface area contributed by atoms with Crippen molar-refractivity contribution in [2.24, 2.45) is 0 Å². The standard InChI is InChI=1S/C12H14N2O2S/c13-9-10-2-1-3-12(8-10)14-11-4-6-17(15,16)7-5-11/h1-3,8,11,14H,4-7H2. The monoisotopic (exact) mass is 250 g/mol. The molecule has 1 saturated heterocycles. The molecule has 2 rings (SSSR count). The van der Waals surface area contributed by atoms with Gasteiger partial charge in [-0.15, -0.1) is 0 Å². The SMILES string of the molecule is N#Cc1cccc(NC2CCS(=O)(=O)CC2)c1. The summed E-state index contributed by atoms with van der Waals surface area (Å²) in [5, 5.41) is 12.1. The largest absolute Gasteiger partial charge is 0.382 e. The highest BCUT2D eigenvalue weighted by Crippen LogP contribution is 2.18. The number of anilines is 1. The van der Waals surface area contributed by atoms with E-state index in [-0.39, 0.29) is 17.5 Å². The first kappa shape index (κ1) is 11.9. The smallest absolute Gasteiger partial charge is 0.150 e. The highest BCUT2D eigenvalue weighted by molar-refractivity contribution is 7.91. The lowest BCUT2D eigenvalue weighted by Gasteiger charge is -2.24. The molecule has 0 saturated carbocycles. The van der Waals surface area contributed by atoms with Crippen LogP contribution in [0.3, 0.4) is 0 Å². The molecule has 1 aliphatic heterocycles. The third-order valence-corrected chi connectivity index (χ3v) is 4.63. The molecule has 1 N–H and O–H groups in total. The van der Waals surface area contributed by atoms with Crippen LogP contribution in [0, 0.1) is 11.3 Å². The van der Waals surface area contributed by atoms with E-state index in [1.807, 2.05) is 12.1 Å². The maximum Gasteiger partial charge on any atom is 0.150 e. The summed E-state index contributed by atoms with van der Waals surface area (Å²) in [4.78, 5) is 0. The second-order valence-corrected chi connectivity index (χ2v) is 6.57.